The fourth-order valence-corrected chi connectivity index (χ4v) is 1.22. The number of carbonyl (C=O) groups is 1. The zero-order valence-electron chi connectivity index (χ0n) is 11.8. The van der Waals surface area contributed by atoms with Crippen LogP contribution in [0, 0.1) is 0 Å². The summed E-state index contributed by atoms with van der Waals surface area (Å²) >= 11 is 0. The summed E-state index contributed by atoms with van der Waals surface area (Å²) in [7, 11) is 0. The van der Waals surface area contributed by atoms with E-state index in [0.717, 1.165) is 0 Å². The number of hydrogen-bond acceptors (Lipinski definition) is 5. The van der Waals surface area contributed by atoms with Gasteiger partial charge in [0.15, 0.2) is 0 Å². The highest BCUT2D eigenvalue weighted by atomic mass is 16.5. The number of rotatable bonds is 12. The predicted molar refractivity (Wildman–Crippen MR) is 68.6 cm³/mol. The molecular formula is C13H26O5. The lowest BCUT2D eigenvalue weighted by Gasteiger charge is -2.08. The van der Waals surface area contributed by atoms with Crippen molar-refractivity contribution >= 4 is 5.97 Å². The summed E-state index contributed by atoms with van der Waals surface area (Å²) in [6, 6.07) is 0. The van der Waals surface area contributed by atoms with Crippen LogP contribution < -0.4 is 0 Å². The van der Waals surface area contributed by atoms with E-state index < -0.39 is 0 Å². The third-order valence-electron chi connectivity index (χ3n) is 1.98. The van der Waals surface area contributed by atoms with Crippen LogP contribution in [0.4, 0.5) is 0 Å². The highest BCUT2D eigenvalue weighted by Gasteiger charge is 2.04. The average molecular weight is 262 g/mol. The van der Waals surface area contributed by atoms with Crippen LogP contribution >= 0.6 is 0 Å². The lowest BCUT2D eigenvalue weighted by molar-refractivity contribution is -0.147. The summed E-state index contributed by atoms with van der Waals surface area (Å²) in [4.78, 5) is 11.2. The first-order chi connectivity index (χ1) is 8.66. The monoisotopic (exact) mass is 262 g/mol. The van der Waals surface area contributed by atoms with Crippen LogP contribution in [-0.4, -0.2) is 51.7 Å². The van der Waals surface area contributed by atoms with Gasteiger partial charge in [-0.2, -0.15) is 0 Å². The molecule has 0 aromatic carbocycles. The molecule has 0 aliphatic heterocycles. The Balaban J connectivity index is 3.09. The first kappa shape index (κ1) is 17.4. The lowest BCUT2D eigenvalue weighted by Crippen LogP contribution is -2.13. The molecule has 0 radical (unpaired) electrons. The topological polar surface area (TPSA) is 54.0 Å². The molecule has 0 aliphatic carbocycles. The van der Waals surface area contributed by atoms with Crippen LogP contribution in [0.2, 0.25) is 0 Å². The molecule has 0 spiro atoms. The normalized spacial score (nSPS) is 10.9. The number of esters is 1. The third-order valence-corrected chi connectivity index (χ3v) is 1.98. The van der Waals surface area contributed by atoms with Gasteiger partial charge in [-0.25, -0.2) is 0 Å². The second kappa shape index (κ2) is 12.8. The van der Waals surface area contributed by atoms with E-state index >= 15 is 0 Å². The molecule has 0 N–H and O–H groups in total. The Bertz CT molecular complexity index is 194. The lowest BCUT2D eigenvalue weighted by atomic mass is 10.3. The van der Waals surface area contributed by atoms with E-state index in [-0.39, 0.29) is 12.1 Å². The summed E-state index contributed by atoms with van der Waals surface area (Å²) < 4.78 is 20.7. The van der Waals surface area contributed by atoms with Gasteiger partial charge >= 0.3 is 5.97 Å². The molecule has 0 amide bonds. The highest BCUT2D eigenvalue weighted by molar-refractivity contribution is 5.69. The molecule has 0 saturated heterocycles. The van der Waals surface area contributed by atoms with E-state index in [1.54, 1.807) is 0 Å². The van der Waals surface area contributed by atoms with Crippen molar-refractivity contribution in [1.82, 2.24) is 0 Å². The van der Waals surface area contributed by atoms with Crippen molar-refractivity contribution < 1.29 is 23.7 Å². The predicted octanol–water partition coefficient (Wildman–Crippen LogP) is 1.79. The van der Waals surface area contributed by atoms with E-state index in [1.165, 1.54) is 0 Å². The van der Waals surface area contributed by atoms with Crippen LogP contribution in [0.15, 0.2) is 0 Å². The van der Waals surface area contributed by atoms with Gasteiger partial charge in [0.2, 0.25) is 0 Å². The number of carbonyl (C=O) groups excluding carboxylic acids is 1. The Morgan fingerprint density at radius 2 is 1.50 bits per heavy atom. The highest BCUT2D eigenvalue weighted by Crippen LogP contribution is 1.97. The molecule has 108 valence electrons. The van der Waals surface area contributed by atoms with Crippen molar-refractivity contribution in [3.05, 3.63) is 0 Å². The molecule has 5 nitrogen and oxygen atoms in total. The van der Waals surface area contributed by atoms with Gasteiger partial charge in [-0.1, -0.05) is 0 Å². The van der Waals surface area contributed by atoms with Gasteiger partial charge in [0.1, 0.15) is 0 Å². The maximum absolute atomic E-state index is 11.2. The molecule has 5 heteroatoms. The molecule has 0 aliphatic rings. The molecule has 0 heterocycles. The van der Waals surface area contributed by atoms with Crippen LogP contribution in [0.3, 0.4) is 0 Å². The van der Waals surface area contributed by atoms with Crippen molar-refractivity contribution in [1.29, 1.82) is 0 Å². The van der Waals surface area contributed by atoms with Gasteiger partial charge in [0.05, 0.1) is 32.5 Å². The SMILES string of the molecule is CCOCCOCCOCCCC(=O)OC(C)C. The van der Waals surface area contributed by atoms with E-state index in [1.807, 2.05) is 20.8 Å². The zero-order chi connectivity index (χ0) is 13.6. The molecule has 0 rings (SSSR count). The number of hydrogen-bond donors (Lipinski definition) is 0. The zero-order valence-corrected chi connectivity index (χ0v) is 11.8. The summed E-state index contributed by atoms with van der Waals surface area (Å²) in [5, 5.41) is 0. The molecular weight excluding hydrogens is 236 g/mol. The third kappa shape index (κ3) is 13.4. The molecule has 0 aromatic rings. The maximum atomic E-state index is 11.2. The molecule has 0 aromatic heterocycles. The van der Waals surface area contributed by atoms with E-state index in [0.29, 0.717) is 52.5 Å². The van der Waals surface area contributed by atoms with Crippen molar-refractivity contribution in [3.8, 4) is 0 Å². The van der Waals surface area contributed by atoms with E-state index in [2.05, 4.69) is 0 Å². The van der Waals surface area contributed by atoms with Gasteiger partial charge in [-0.05, 0) is 27.2 Å². The van der Waals surface area contributed by atoms with Crippen molar-refractivity contribution in [2.75, 3.05) is 39.6 Å². The fraction of sp³-hybridized carbons (Fsp3) is 0.923. The summed E-state index contributed by atoms with van der Waals surface area (Å²) in [6.07, 6.45) is 1.05. The van der Waals surface area contributed by atoms with Crippen LogP contribution in [0.1, 0.15) is 33.6 Å². The molecule has 0 unspecified atom stereocenters. The summed E-state index contributed by atoms with van der Waals surface area (Å²) in [5.41, 5.74) is 0. The summed E-state index contributed by atoms with van der Waals surface area (Å²) in [6.45, 7) is 9.23. The van der Waals surface area contributed by atoms with Crippen molar-refractivity contribution in [2.24, 2.45) is 0 Å². The van der Waals surface area contributed by atoms with Crippen LogP contribution in [0.5, 0.6) is 0 Å². The second-order valence-corrected chi connectivity index (χ2v) is 4.06. The Morgan fingerprint density at radius 3 is 2.06 bits per heavy atom. The van der Waals surface area contributed by atoms with E-state index in [9.17, 15) is 4.79 Å². The van der Waals surface area contributed by atoms with Crippen molar-refractivity contribution in [2.45, 2.75) is 39.7 Å². The maximum Gasteiger partial charge on any atom is 0.306 e. The van der Waals surface area contributed by atoms with Gasteiger partial charge < -0.3 is 18.9 Å². The quantitative estimate of drug-likeness (QED) is 0.396. The van der Waals surface area contributed by atoms with Gasteiger partial charge in [0.25, 0.3) is 0 Å². The Kier molecular flexibility index (Phi) is 12.3. The smallest absolute Gasteiger partial charge is 0.306 e. The summed E-state index contributed by atoms with van der Waals surface area (Å²) in [5.74, 6) is -0.165. The molecule has 0 saturated carbocycles. The minimum Gasteiger partial charge on any atom is -0.463 e. The standard InChI is InChI=1S/C13H26O5/c1-4-15-8-9-17-11-10-16-7-5-6-13(14)18-12(2)3/h12H,4-11H2,1-3H3. The molecule has 18 heavy (non-hydrogen) atoms. The first-order valence-corrected chi connectivity index (χ1v) is 6.59. The van der Waals surface area contributed by atoms with Crippen molar-refractivity contribution in [3.63, 3.8) is 0 Å². The Labute approximate surface area is 110 Å². The Hall–Kier alpha value is -0.650. The molecule has 0 bridgehead atoms. The van der Waals surface area contributed by atoms with Crippen LogP contribution in [-0.2, 0) is 23.7 Å². The van der Waals surface area contributed by atoms with Crippen LogP contribution in [0.25, 0.3) is 0 Å². The fourth-order valence-electron chi connectivity index (χ4n) is 1.22. The Morgan fingerprint density at radius 1 is 0.944 bits per heavy atom. The van der Waals surface area contributed by atoms with Gasteiger partial charge in [-0.3, -0.25) is 4.79 Å². The van der Waals surface area contributed by atoms with E-state index in [4.69, 9.17) is 18.9 Å². The molecule has 0 atom stereocenters. The average Bonchev–Trinajstić information content (AvgIpc) is 2.30. The number of ether oxygens (including phenoxy) is 4. The first-order valence-electron chi connectivity index (χ1n) is 6.59. The van der Waals surface area contributed by atoms with Gasteiger partial charge in [0, 0.05) is 19.6 Å². The minimum atomic E-state index is -0.165. The van der Waals surface area contributed by atoms with Gasteiger partial charge in [-0.15, -0.1) is 0 Å². The second-order valence-electron chi connectivity index (χ2n) is 4.06. The minimum absolute atomic E-state index is 0.0443. The largest absolute Gasteiger partial charge is 0.463 e. The molecule has 0 fully saturated rings.